The number of rotatable bonds is 4. The normalized spacial score (nSPS) is 31.2. The zero-order valence-electron chi connectivity index (χ0n) is 13.7. The molecule has 2 aromatic rings. The van der Waals surface area contributed by atoms with Crippen molar-refractivity contribution in [3.63, 3.8) is 0 Å². The summed E-state index contributed by atoms with van der Waals surface area (Å²) in [6.07, 6.45) is 6.66. The third-order valence-electron chi connectivity index (χ3n) is 5.75. The molecule has 3 fully saturated rings. The molecule has 4 heterocycles. The van der Waals surface area contributed by atoms with Crippen LogP contribution in [-0.2, 0) is 4.74 Å². The van der Waals surface area contributed by atoms with Gasteiger partial charge in [-0.15, -0.1) is 6.58 Å². The van der Waals surface area contributed by atoms with E-state index in [9.17, 15) is 0 Å². The third-order valence-corrected chi connectivity index (χ3v) is 5.75. The molecule has 0 amide bonds. The lowest BCUT2D eigenvalue weighted by atomic mass is 9.73. The zero-order valence-corrected chi connectivity index (χ0v) is 13.7. The van der Waals surface area contributed by atoms with Crippen molar-refractivity contribution in [3.05, 3.63) is 54.7 Å². The summed E-state index contributed by atoms with van der Waals surface area (Å²) in [5, 5.41) is 1.21. The average Bonchev–Trinajstić information content (AvgIpc) is 2.63. The molecule has 23 heavy (non-hydrogen) atoms. The Morgan fingerprint density at radius 2 is 2.22 bits per heavy atom. The number of hydrogen-bond donors (Lipinski definition) is 0. The Labute approximate surface area is 138 Å². The fraction of sp³-hybridized carbons (Fsp3) is 0.450. The second-order valence-electron chi connectivity index (χ2n) is 6.82. The number of fused-ring (bicyclic) bond motifs is 4. The van der Waals surface area contributed by atoms with E-state index in [2.05, 4.69) is 46.8 Å². The first kappa shape index (κ1) is 14.9. The van der Waals surface area contributed by atoms with E-state index in [1.54, 1.807) is 0 Å². The summed E-state index contributed by atoms with van der Waals surface area (Å²) in [5.74, 6) is 1.40. The van der Waals surface area contributed by atoms with E-state index in [1.165, 1.54) is 30.3 Å². The van der Waals surface area contributed by atoms with Gasteiger partial charge in [0.1, 0.15) is 0 Å². The monoisotopic (exact) mass is 308 g/mol. The Morgan fingerprint density at radius 1 is 1.35 bits per heavy atom. The number of piperidine rings is 3. The van der Waals surface area contributed by atoms with Crippen LogP contribution in [0.1, 0.15) is 24.5 Å². The Morgan fingerprint density at radius 3 is 2.96 bits per heavy atom. The molecule has 3 heteroatoms. The number of benzene rings is 1. The number of methoxy groups -OCH3 is 1. The largest absolute Gasteiger partial charge is 0.375 e. The smallest absolute Gasteiger partial charge is 0.0983 e. The first-order chi connectivity index (χ1) is 11.3. The highest BCUT2D eigenvalue weighted by atomic mass is 16.5. The van der Waals surface area contributed by atoms with Crippen molar-refractivity contribution in [2.45, 2.75) is 25.0 Å². The second-order valence-corrected chi connectivity index (χ2v) is 6.82. The first-order valence-electron chi connectivity index (χ1n) is 8.55. The summed E-state index contributed by atoms with van der Waals surface area (Å²) in [6.45, 7) is 6.34. The number of aromatic nitrogens is 1. The van der Waals surface area contributed by atoms with Crippen LogP contribution in [0.15, 0.2) is 49.2 Å². The SMILES string of the molecule is C=C[C@H]1CN2CC[C@@H]1C[C@@H]2[C@@H](OC)c1ccnc2ccccc12. The second kappa shape index (κ2) is 6.06. The maximum Gasteiger partial charge on any atom is 0.0983 e. The standard InChI is InChI=1S/C20H24N2O/c1-3-14-13-22-11-9-15(14)12-19(22)20(23-2)17-8-10-21-18-7-5-4-6-16(17)18/h3-8,10,14-15,19-20H,1,9,11-13H2,2H3/t14-,15+,19+,20-/m0/s1. The highest BCUT2D eigenvalue weighted by Crippen LogP contribution is 2.43. The highest BCUT2D eigenvalue weighted by molar-refractivity contribution is 5.82. The number of ether oxygens (including phenoxy) is 1. The van der Waals surface area contributed by atoms with Gasteiger partial charge in [-0.3, -0.25) is 9.88 Å². The Hall–Kier alpha value is -1.71. The Bertz CT molecular complexity index is 708. The summed E-state index contributed by atoms with van der Waals surface area (Å²) in [5.41, 5.74) is 2.32. The van der Waals surface area contributed by atoms with E-state index in [0.29, 0.717) is 12.0 Å². The lowest BCUT2D eigenvalue weighted by Gasteiger charge is -2.51. The van der Waals surface area contributed by atoms with Gasteiger partial charge in [0.15, 0.2) is 0 Å². The molecule has 5 atom stereocenters. The summed E-state index contributed by atoms with van der Waals surface area (Å²) in [4.78, 5) is 7.10. The summed E-state index contributed by atoms with van der Waals surface area (Å²) in [6, 6.07) is 11.0. The predicted octanol–water partition coefficient (Wildman–Crippen LogP) is 3.82. The maximum atomic E-state index is 6.01. The van der Waals surface area contributed by atoms with Gasteiger partial charge >= 0.3 is 0 Å². The van der Waals surface area contributed by atoms with Crippen LogP contribution in [0.5, 0.6) is 0 Å². The summed E-state index contributed by atoms with van der Waals surface area (Å²) >= 11 is 0. The average molecular weight is 308 g/mol. The van der Waals surface area contributed by atoms with Crippen molar-refractivity contribution in [1.82, 2.24) is 9.88 Å². The lowest BCUT2D eigenvalue weighted by molar-refractivity contribution is -0.0601. The van der Waals surface area contributed by atoms with Gasteiger partial charge in [-0.1, -0.05) is 24.3 Å². The molecular formula is C20H24N2O. The van der Waals surface area contributed by atoms with Crippen LogP contribution in [0, 0.1) is 11.8 Å². The maximum absolute atomic E-state index is 6.01. The van der Waals surface area contributed by atoms with Crippen LogP contribution in [0.3, 0.4) is 0 Å². The molecule has 5 rings (SSSR count). The number of nitrogens with zero attached hydrogens (tertiary/aromatic N) is 2. The molecule has 0 aliphatic carbocycles. The van der Waals surface area contributed by atoms with Gasteiger partial charge in [0.2, 0.25) is 0 Å². The fourth-order valence-corrected chi connectivity index (χ4v) is 4.55. The van der Waals surface area contributed by atoms with Crippen LogP contribution in [0.2, 0.25) is 0 Å². The molecule has 1 aromatic heterocycles. The van der Waals surface area contributed by atoms with E-state index < -0.39 is 0 Å². The molecule has 1 unspecified atom stereocenters. The van der Waals surface area contributed by atoms with Gasteiger partial charge in [-0.2, -0.15) is 0 Å². The van der Waals surface area contributed by atoms with Gasteiger partial charge in [0.05, 0.1) is 11.6 Å². The van der Waals surface area contributed by atoms with Crippen LogP contribution >= 0.6 is 0 Å². The summed E-state index contributed by atoms with van der Waals surface area (Å²) < 4.78 is 6.01. The quantitative estimate of drug-likeness (QED) is 0.803. The molecule has 0 saturated carbocycles. The molecule has 0 spiro atoms. The van der Waals surface area contributed by atoms with Crippen LogP contribution in [0.25, 0.3) is 10.9 Å². The van der Waals surface area contributed by atoms with Crippen molar-refractivity contribution < 1.29 is 4.74 Å². The van der Waals surface area contributed by atoms with E-state index in [0.717, 1.165) is 18.0 Å². The molecule has 3 nitrogen and oxygen atoms in total. The Balaban J connectivity index is 1.70. The molecule has 3 aliphatic rings. The van der Waals surface area contributed by atoms with Crippen LogP contribution in [0.4, 0.5) is 0 Å². The molecule has 3 saturated heterocycles. The molecule has 3 aliphatic heterocycles. The molecule has 0 radical (unpaired) electrons. The zero-order chi connectivity index (χ0) is 15.8. The van der Waals surface area contributed by atoms with Crippen LogP contribution < -0.4 is 0 Å². The minimum Gasteiger partial charge on any atom is -0.375 e. The van der Waals surface area contributed by atoms with Crippen molar-refractivity contribution >= 4 is 10.9 Å². The third kappa shape index (κ3) is 2.48. The minimum absolute atomic E-state index is 0.108. The van der Waals surface area contributed by atoms with E-state index >= 15 is 0 Å². The van der Waals surface area contributed by atoms with Crippen LogP contribution in [-0.4, -0.2) is 36.1 Å². The van der Waals surface area contributed by atoms with E-state index in [1.807, 2.05) is 19.4 Å². The van der Waals surface area contributed by atoms with Gasteiger partial charge in [-0.25, -0.2) is 0 Å². The van der Waals surface area contributed by atoms with Gasteiger partial charge in [0.25, 0.3) is 0 Å². The summed E-state index contributed by atoms with van der Waals surface area (Å²) in [7, 11) is 1.84. The molecular weight excluding hydrogens is 284 g/mol. The van der Waals surface area contributed by atoms with Gasteiger partial charge in [0, 0.05) is 31.3 Å². The van der Waals surface area contributed by atoms with E-state index in [-0.39, 0.29) is 6.10 Å². The van der Waals surface area contributed by atoms with Crippen molar-refractivity contribution in [2.24, 2.45) is 11.8 Å². The predicted molar refractivity (Wildman–Crippen MR) is 93.3 cm³/mol. The molecule has 120 valence electrons. The van der Waals surface area contributed by atoms with Gasteiger partial charge < -0.3 is 4.74 Å². The van der Waals surface area contributed by atoms with Crippen molar-refractivity contribution in [3.8, 4) is 0 Å². The lowest BCUT2D eigenvalue weighted by Crippen LogP contribution is -2.55. The van der Waals surface area contributed by atoms with E-state index in [4.69, 9.17) is 4.74 Å². The van der Waals surface area contributed by atoms with Crippen molar-refractivity contribution in [2.75, 3.05) is 20.2 Å². The molecule has 0 N–H and O–H groups in total. The van der Waals surface area contributed by atoms with Crippen molar-refractivity contribution in [1.29, 1.82) is 0 Å². The number of pyridine rings is 1. The molecule has 1 aromatic carbocycles. The minimum atomic E-state index is 0.108. The molecule has 2 bridgehead atoms. The highest BCUT2D eigenvalue weighted by Gasteiger charge is 2.42. The fourth-order valence-electron chi connectivity index (χ4n) is 4.55. The topological polar surface area (TPSA) is 25.4 Å². The number of para-hydroxylation sites is 1. The first-order valence-corrected chi connectivity index (χ1v) is 8.55. The van der Waals surface area contributed by atoms with Gasteiger partial charge in [-0.05, 0) is 48.9 Å². The number of hydrogen-bond acceptors (Lipinski definition) is 3. The Kier molecular flexibility index (Phi) is 3.92.